The summed E-state index contributed by atoms with van der Waals surface area (Å²) in [7, 11) is 0. The van der Waals surface area contributed by atoms with E-state index in [0.717, 1.165) is 0 Å². The predicted octanol–water partition coefficient (Wildman–Crippen LogP) is -0.304. The molecular weight excluding hydrogens is 268 g/mol. The standard InChI is InChI=1S/C15H18N4O2/c1-12(20)18-5-7-19(8-6-18)15(21)14-9-13(3-2-4-16)10-17-11-14/h9-11H,4-8,16H2,1H3. The molecule has 0 aliphatic carbocycles. The van der Waals surface area contributed by atoms with Crippen molar-refractivity contribution in [1.29, 1.82) is 0 Å². The van der Waals surface area contributed by atoms with Crippen molar-refractivity contribution in [2.75, 3.05) is 32.7 Å². The van der Waals surface area contributed by atoms with Gasteiger partial charge in [-0.05, 0) is 6.07 Å². The van der Waals surface area contributed by atoms with Gasteiger partial charge in [0.1, 0.15) is 0 Å². The van der Waals surface area contributed by atoms with Crippen molar-refractivity contribution in [3.8, 4) is 11.8 Å². The van der Waals surface area contributed by atoms with Crippen molar-refractivity contribution >= 4 is 11.8 Å². The van der Waals surface area contributed by atoms with E-state index in [9.17, 15) is 9.59 Å². The number of nitrogens with two attached hydrogens (primary N) is 1. The van der Waals surface area contributed by atoms with E-state index in [2.05, 4.69) is 16.8 Å². The summed E-state index contributed by atoms with van der Waals surface area (Å²) in [4.78, 5) is 31.2. The predicted molar refractivity (Wildman–Crippen MR) is 78.3 cm³/mol. The molecule has 2 N–H and O–H groups in total. The molecule has 1 aliphatic rings. The van der Waals surface area contributed by atoms with Crippen molar-refractivity contribution in [1.82, 2.24) is 14.8 Å². The fraction of sp³-hybridized carbons (Fsp3) is 0.400. The van der Waals surface area contributed by atoms with E-state index in [0.29, 0.717) is 37.3 Å². The van der Waals surface area contributed by atoms with Crippen LogP contribution in [-0.2, 0) is 4.79 Å². The van der Waals surface area contributed by atoms with Crippen molar-refractivity contribution in [3.05, 3.63) is 29.6 Å². The maximum atomic E-state index is 12.4. The lowest BCUT2D eigenvalue weighted by molar-refractivity contribution is -0.130. The Bertz CT molecular complexity index is 595. The number of pyridine rings is 1. The Morgan fingerprint density at radius 1 is 1.24 bits per heavy atom. The fourth-order valence-corrected chi connectivity index (χ4v) is 2.19. The molecule has 0 spiro atoms. The number of nitrogens with zero attached hydrogens (tertiary/aromatic N) is 3. The minimum Gasteiger partial charge on any atom is -0.339 e. The molecule has 110 valence electrons. The number of amides is 2. The molecule has 1 aromatic rings. The third-order valence-corrected chi connectivity index (χ3v) is 3.33. The first-order chi connectivity index (χ1) is 10.1. The Labute approximate surface area is 123 Å². The molecule has 0 unspecified atom stereocenters. The molecule has 0 atom stereocenters. The first-order valence-corrected chi connectivity index (χ1v) is 6.80. The van der Waals surface area contributed by atoms with Gasteiger partial charge in [-0.2, -0.15) is 0 Å². The quantitative estimate of drug-likeness (QED) is 0.719. The van der Waals surface area contributed by atoms with Gasteiger partial charge < -0.3 is 15.5 Å². The second-order valence-electron chi connectivity index (χ2n) is 4.77. The largest absolute Gasteiger partial charge is 0.339 e. The molecule has 2 amide bonds. The number of carbonyl (C=O) groups is 2. The van der Waals surface area contributed by atoms with Crippen molar-refractivity contribution in [3.63, 3.8) is 0 Å². The number of piperazine rings is 1. The van der Waals surface area contributed by atoms with Crippen LogP contribution in [0.2, 0.25) is 0 Å². The van der Waals surface area contributed by atoms with Gasteiger partial charge >= 0.3 is 0 Å². The molecule has 2 rings (SSSR count). The lowest BCUT2D eigenvalue weighted by Crippen LogP contribution is -2.50. The summed E-state index contributed by atoms with van der Waals surface area (Å²) in [6.07, 6.45) is 3.14. The first-order valence-electron chi connectivity index (χ1n) is 6.80. The third kappa shape index (κ3) is 3.80. The monoisotopic (exact) mass is 286 g/mol. The van der Waals surface area contributed by atoms with Crippen LogP contribution in [0.3, 0.4) is 0 Å². The van der Waals surface area contributed by atoms with Crippen LogP contribution in [0.1, 0.15) is 22.8 Å². The van der Waals surface area contributed by atoms with Crippen LogP contribution in [-0.4, -0.2) is 59.3 Å². The average Bonchev–Trinajstić information content (AvgIpc) is 2.52. The summed E-state index contributed by atoms with van der Waals surface area (Å²) < 4.78 is 0. The average molecular weight is 286 g/mol. The number of aromatic nitrogens is 1. The molecule has 2 heterocycles. The smallest absolute Gasteiger partial charge is 0.255 e. The number of carbonyl (C=O) groups excluding carboxylic acids is 2. The normalized spacial score (nSPS) is 14.4. The maximum Gasteiger partial charge on any atom is 0.255 e. The molecule has 0 saturated carbocycles. The van der Waals surface area contributed by atoms with Gasteiger partial charge in [-0.1, -0.05) is 11.8 Å². The van der Waals surface area contributed by atoms with Crippen LogP contribution < -0.4 is 5.73 Å². The van der Waals surface area contributed by atoms with Crippen molar-refractivity contribution in [2.24, 2.45) is 5.73 Å². The molecule has 21 heavy (non-hydrogen) atoms. The lowest BCUT2D eigenvalue weighted by atomic mass is 10.1. The van der Waals surface area contributed by atoms with Gasteiger partial charge in [0.15, 0.2) is 0 Å². The highest BCUT2D eigenvalue weighted by Gasteiger charge is 2.23. The second-order valence-corrected chi connectivity index (χ2v) is 4.77. The first kappa shape index (κ1) is 15.0. The summed E-state index contributed by atoms with van der Waals surface area (Å²) >= 11 is 0. The molecular formula is C15H18N4O2. The third-order valence-electron chi connectivity index (χ3n) is 3.33. The maximum absolute atomic E-state index is 12.4. The van der Waals surface area contributed by atoms with E-state index in [1.807, 2.05) is 0 Å². The van der Waals surface area contributed by atoms with Gasteiger partial charge in [0.2, 0.25) is 5.91 Å². The van der Waals surface area contributed by atoms with Gasteiger partial charge in [-0.25, -0.2) is 0 Å². The summed E-state index contributed by atoms with van der Waals surface area (Å²) in [6.45, 7) is 4.03. The van der Waals surface area contributed by atoms with E-state index in [-0.39, 0.29) is 18.4 Å². The van der Waals surface area contributed by atoms with Crippen LogP contribution in [0.15, 0.2) is 18.5 Å². The number of rotatable bonds is 1. The molecule has 6 nitrogen and oxygen atoms in total. The summed E-state index contributed by atoms with van der Waals surface area (Å²) in [5.74, 6) is 5.56. The van der Waals surface area contributed by atoms with E-state index < -0.39 is 0 Å². The van der Waals surface area contributed by atoms with E-state index >= 15 is 0 Å². The Morgan fingerprint density at radius 2 is 1.90 bits per heavy atom. The van der Waals surface area contributed by atoms with E-state index in [1.165, 1.54) is 6.20 Å². The highest BCUT2D eigenvalue weighted by atomic mass is 16.2. The number of hydrogen-bond donors (Lipinski definition) is 1. The van der Waals surface area contributed by atoms with Gasteiger partial charge in [0, 0.05) is 51.1 Å². The highest BCUT2D eigenvalue weighted by molar-refractivity contribution is 5.94. The second kappa shape index (κ2) is 6.86. The van der Waals surface area contributed by atoms with Crippen LogP contribution in [0.4, 0.5) is 0 Å². The van der Waals surface area contributed by atoms with Crippen molar-refractivity contribution in [2.45, 2.75) is 6.92 Å². The van der Waals surface area contributed by atoms with Gasteiger partial charge in [-0.3, -0.25) is 14.6 Å². The van der Waals surface area contributed by atoms with E-state index in [1.54, 1.807) is 29.0 Å². The van der Waals surface area contributed by atoms with Crippen LogP contribution in [0, 0.1) is 11.8 Å². The highest BCUT2D eigenvalue weighted by Crippen LogP contribution is 2.09. The minimum absolute atomic E-state index is 0.0443. The lowest BCUT2D eigenvalue weighted by Gasteiger charge is -2.34. The topological polar surface area (TPSA) is 79.5 Å². The SMILES string of the molecule is CC(=O)N1CCN(C(=O)c2cncc(C#CCN)c2)CC1. The number of hydrogen-bond acceptors (Lipinski definition) is 4. The molecule has 6 heteroatoms. The Kier molecular flexibility index (Phi) is 4.90. The van der Waals surface area contributed by atoms with Gasteiger partial charge in [-0.15, -0.1) is 0 Å². The molecule has 0 bridgehead atoms. The molecule has 1 saturated heterocycles. The van der Waals surface area contributed by atoms with E-state index in [4.69, 9.17) is 5.73 Å². The van der Waals surface area contributed by atoms with Crippen LogP contribution >= 0.6 is 0 Å². The summed E-state index contributed by atoms with van der Waals surface area (Å²) in [6, 6.07) is 1.72. The minimum atomic E-state index is -0.0814. The molecule has 0 aromatic carbocycles. The molecule has 1 fully saturated rings. The van der Waals surface area contributed by atoms with Crippen LogP contribution in [0.5, 0.6) is 0 Å². The Hall–Kier alpha value is -2.39. The van der Waals surface area contributed by atoms with Gasteiger partial charge in [0.05, 0.1) is 12.1 Å². The van der Waals surface area contributed by atoms with Gasteiger partial charge in [0.25, 0.3) is 5.91 Å². The fourth-order valence-electron chi connectivity index (χ4n) is 2.19. The van der Waals surface area contributed by atoms with Crippen molar-refractivity contribution < 1.29 is 9.59 Å². The molecule has 1 aliphatic heterocycles. The van der Waals surface area contributed by atoms with Crippen LogP contribution in [0.25, 0.3) is 0 Å². The molecule has 0 radical (unpaired) electrons. The Balaban J connectivity index is 2.05. The summed E-state index contributed by atoms with van der Waals surface area (Å²) in [5, 5.41) is 0. The molecule has 1 aromatic heterocycles. The Morgan fingerprint density at radius 3 is 2.52 bits per heavy atom. The zero-order valence-electron chi connectivity index (χ0n) is 12.0. The zero-order valence-corrected chi connectivity index (χ0v) is 12.0. The zero-order chi connectivity index (χ0) is 15.2. The summed E-state index contributed by atoms with van der Waals surface area (Å²) in [5.41, 5.74) is 6.51.